The summed E-state index contributed by atoms with van der Waals surface area (Å²) in [6.07, 6.45) is 4.85. The Kier molecular flexibility index (Phi) is 6.95. The van der Waals surface area contributed by atoms with Crippen LogP contribution in [0.5, 0.6) is 5.75 Å². The van der Waals surface area contributed by atoms with Gasteiger partial charge in [-0.1, -0.05) is 6.07 Å². The quantitative estimate of drug-likeness (QED) is 0.635. The first-order chi connectivity index (χ1) is 16.2. The number of pyridine rings is 2. The summed E-state index contributed by atoms with van der Waals surface area (Å²) in [5.41, 5.74) is 0.648. The maximum Gasteiger partial charge on any atom is 0.273 e. The third-order valence-corrected chi connectivity index (χ3v) is 6.18. The fourth-order valence-corrected chi connectivity index (χ4v) is 4.02. The van der Waals surface area contributed by atoms with Crippen LogP contribution < -0.4 is 15.4 Å². The van der Waals surface area contributed by atoms with E-state index in [4.69, 9.17) is 4.74 Å². The molecule has 0 spiro atoms. The molecule has 1 saturated heterocycles. The lowest BCUT2D eigenvalue weighted by atomic mass is 9.96. The second-order valence-corrected chi connectivity index (χ2v) is 8.95. The number of halogens is 2. The number of nitrogens with zero attached hydrogens (tertiary/aromatic N) is 3. The van der Waals surface area contributed by atoms with E-state index in [2.05, 4.69) is 20.6 Å². The van der Waals surface area contributed by atoms with Crippen LogP contribution >= 0.6 is 0 Å². The fourth-order valence-electron chi connectivity index (χ4n) is 4.02. The number of aromatic nitrogens is 2. The summed E-state index contributed by atoms with van der Waals surface area (Å²) in [7, 11) is 0. The highest BCUT2D eigenvalue weighted by atomic mass is 19.3. The Bertz CT molecular complexity index is 1060. The molecular formula is C24H29F2N5O3. The third kappa shape index (κ3) is 5.78. The maximum atomic E-state index is 14.2. The highest BCUT2D eigenvalue weighted by Crippen LogP contribution is 2.32. The van der Waals surface area contributed by atoms with Crippen molar-refractivity contribution >= 4 is 23.5 Å². The highest BCUT2D eigenvalue weighted by molar-refractivity contribution is 5.94. The molecule has 0 aromatic carbocycles. The Morgan fingerprint density at radius 2 is 2.00 bits per heavy atom. The predicted molar refractivity (Wildman–Crippen MR) is 122 cm³/mol. The van der Waals surface area contributed by atoms with Crippen LogP contribution in [-0.4, -0.2) is 57.8 Å². The summed E-state index contributed by atoms with van der Waals surface area (Å²) >= 11 is 0. The molecule has 2 aromatic heterocycles. The predicted octanol–water partition coefficient (Wildman–Crippen LogP) is 3.84. The van der Waals surface area contributed by atoms with Crippen LogP contribution in [0, 0.1) is 6.92 Å². The van der Waals surface area contributed by atoms with E-state index >= 15 is 0 Å². The smallest absolute Gasteiger partial charge is 0.273 e. The van der Waals surface area contributed by atoms with Gasteiger partial charge in [0.2, 0.25) is 5.91 Å². The van der Waals surface area contributed by atoms with Crippen molar-refractivity contribution < 1.29 is 23.1 Å². The lowest BCUT2D eigenvalue weighted by molar-refractivity contribution is -0.119. The van der Waals surface area contributed by atoms with Crippen LogP contribution in [0.15, 0.2) is 30.5 Å². The number of aryl methyl sites for hydroxylation is 1. The molecule has 1 saturated carbocycles. The molecular weight excluding hydrogens is 444 g/mol. The average Bonchev–Trinajstić information content (AvgIpc) is 2.76. The Morgan fingerprint density at radius 3 is 2.71 bits per heavy atom. The SMILES string of the molecule is CC(=O)NC[C@H]1CCC(F)(F)CN1C(=O)c1nc(Nc2cc(OC3CCC3)ccn2)ccc1C. The summed E-state index contributed by atoms with van der Waals surface area (Å²) in [6.45, 7) is 2.47. The van der Waals surface area contributed by atoms with Crippen LogP contribution in [0.3, 0.4) is 0 Å². The summed E-state index contributed by atoms with van der Waals surface area (Å²) in [4.78, 5) is 34.5. The molecule has 2 fully saturated rings. The van der Waals surface area contributed by atoms with Gasteiger partial charge in [-0.25, -0.2) is 18.7 Å². The van der Waals surface area contributed by atoms with Gasteiger partial charge in [-0.05, 0) is 50.3 Å². The van der Waals surface area contributed by atoms with E-state index in [-0.39, 0.29) is 37.1 Å². The lowest BCUT2D eigenvalue weighted by Crippen LogP contribution is -2.55. The molecule has 1 aliphatic carbocycles. The van der Waals surface area contributed by atoms with E-state index in [1.807, 2.05) is 0 Å². The summed E-state index contributed by atoms with van der Waals surface area (Å²) < 4.78 is 34.3. The molecule has 2 aliphatic rings. The number of hydrogen-bond acceptors (Lipinski definition) is 6. The van der Waals surface area contributed by atoms with Crippen molar-refractivity contribution in [3.63, 3.8) is 0 Å². The first kappa shape index (κ1) is 23.8. The van der Waals surface area contributed by atoms with Crippen molar-refractivity contribution in [2.24, 2.45) is 0 Å². The van der Waals surface area contributed by atoms with E-state index in [1.54, 1.807) is 37.4 Å². The number of likely N-dealkylation sites (tertiary alicyclic amines) is 1. The van der Waals surface area contributed by atoms with Gasteiger partial charge >= 0.3 is 0 Å². The van der Waals surface area contributed by atoms with Crippen molar-refractivity contribution in [2.75, 3.05) is 18.4 Å². The number of hydrogen-bond donors (Lipinski definition) is 2. The number of amides is 2. The van der Waals surface area contributed by atoms with Gasteiger partial charge in [0.15, 0.2) is 0 Å². The van der Waals surface area contributed by atoms with Gasteiger partial charge in [-0.15, -0.1) is 0 Å². The van der Waals surface area contributed by atoms with Crippen LogP contribution in [-0.2, 0) is 4.79 Å². The lowest BCUT2D eigenvalue weighted by Gasteiger charge is -2.39. The second-order valence-electron chi connectivity index (χ2n) is 8.95. The summed E-state index contributed by atoms with van der Waals surface area (Å²) in [5.74, 6) is -2.30. The van der Waals surface area contributed by atoms with Crippen molar-refractivity contribution in [2.45, 2.75) is 64.0 Å². The van der Waals surface area contributed by atoms with Gasteiger partial charge in [0.1, 0.15) is 23.1 Å². The molecule has 1 aliphatic heterocycles. The number of carbonyl (C=O) groups excluding carboxylic acids is 2. The Morgan fingerprint density at radius 1 is 1.21 bits per heavy atom. The zero-order chi connectivity index (χ0) is 24.3. The molecule has 3 heterocycles. The Labute approximate surface area is 197 Å². The monoisotopic (exact) mass is 473 g/mol. The first-order valence-electron chi connectivity index (χ1n) is 11.5. The van der Waals surface area contributed by atoms with Gasteiger partial charge in [0.25, 0.3) is 11.8 Å². The van der Waals surface area contributed by atoms with Crippen LogP contribution in [0.4, 0.5) is 20.4 Å². The molecule has 8 nitrogen and oxygen atoms in total. The zero-order valence-corrected chi connectivity index (χ0v) is 19.3. The fraction of sp³-hybridized carbons (Fsp3) is 0.500. The summed E-state index contributed by atoms with van der Waals surface area (Å²) in [6, 6.07) is 6.42. The molecule has 0 radical (unpaired) electrons. The van der Waals surface area contributed by atoms with E-state index in [0.717, 1.165) is 17.7 Å². The molecule has 0 unspecified atom stereocenters. The number of alkyl halides is 2. The first-order valence-corrected chi connectivity index (χ1v) is 11.5. The van der Waals surface area contributed by atoms with Crippen LogP contribution in [0.25, 0.3) is 0 Å². The zero-order valence-electron chi connectivity index (χ0n) is 19.3. The number of rotatable bonds is 7. The molecule has 4 rings (SSSR count). The molecule has 2 amide bonds. The van der Waals surface area contributed by atoms with Gasteiger partial charge < -0.3 is 20.3 Å². The standard InChI is InChI=1S/C24H29F2N5O3/c1-15-6-7-20(29-21-12-19(9-11-27-21)34-18-4-3-5-18)30-22(15)23(33)31-14-24(25,26)10-8-17(31)13-28-16(2)32/h6-7,9,11-12,17-18H,3-5,8,10,13-14H2,1-2H3,(H,28,32)(H,27,29,30)/t17-/m1/s1. The van der Waals surface area contributed by atoms with Crippen molar-refractivity contribution in [3.8, 4) is 5.75 Å². The minimum Gasteiger partial charge on any atom is -0.490 e. The van der Waals surface area contributed by atoms with E-state index in [0.29, 0.717) is 22.9 Å². The molecule has 34 heavy (non-hydrogen) atoms. The minimum atomic E-state index is -2.99. The number of nitrogens with one attached hydrogen (secondary N) is 2. The van der Waals surface area contributed by atoms with Crippen molar-refractivity contribution in [1.82, 2.24) is 20.2 Å². The molecule has 1 atom stereocenters. The topological polar surface area (TPSA) is 96.5 Å². The van der Waals surface area contributed by atoms with Crippen LogP contribution in [0.2, 0.25) is 0 Å². The van der Waals surface area contributed by atoms with E-state index in [9.17, 15) is 18.4 Å². The minimum absolute atomic E-state index is 0.0809. The van der Waals surface area contributed by atoms with E-state index < -0.39 is 24.4 Å². The van der Waals surface area contributed by atoms with Gasteiger partial charge in [-0.2, -0.15) is 0 Å². The van der Waals surface area contributed by atoms with Crippen molar-refractivity contribution in [3.05, 3.63) is 41.7 Å². The van der Waals surface area contributed by atoms with Crippen molar-refractivity contribution in [1.29, 1.82) is 0 Å². The Balaban J connectivity index is 1.52. The van der Waals surface area contributed by atoms with Gasteiger partial charge in [0, 0.05) is 38.2 Å². The van der Waals surface area contributed by atoms with E-state index in [1.165, 1.54) is 13.3 Å². The van der Waals surface area contributed by atoms with Gasteiger partial charge in [0.05, 0.1) is 12.6 Å². The number of anilines is 2. The van der Waals surface area contributed by atoms with Gasteiger partial charge in [-0.3, -0.25) is 9.59 Å². The number of ether oxygens (including phenoxy) is 1. The highest BCUT2D eigenvalue weighted by Gasteiger charge is 2.42. The number of piperidine rings is 1. The third-order valence-electron chi connectivity index (χ3n) is 6.18. The molecule has 2 N–H and O–H groups in total. The molecule has 2 aromatic rings. The maximum absolute atomic E-state index is 14.2. The molecule has 182 valence electrons. The summed E-state index contributed by atoms with van der Waals surface area (Å²) in [5, 5.41) is 5.70. The molecule has 10 heteroatoms. The Hall–Kier alpha value is -3.30. The largest absolute Gasteiger partial charge is 0.490 e. The molecule has 0 bridgehead atoms. The average molecular weight is 474 g/mol. The van der Waals surface area contributed by atoms with Crippen LogP contribution in [0.1, 0.15) is 55.1 Å². The number of carbonyl (C=O) groups is 2. The second kappa shape index (κ2) is 9.90. The normalized spacial score (nSPS) is 19.8.